The summed E-state index contributed by atoms with van der Waals surface area (Å²) in [6.45, 7) is 6.99. The van der Waals surface area contributed by atoms with E-state index in [1.807, 2.05) is 35.9 Å². The van der Waals surface area contributed by atoms with Crippen LogP contribution >= 0.6 is 0 Å². The number of aromatic nitrogens is 3. The zero-order valence-electron chi connectivity index (χ0n) is 18.4. The van der Waals surface area contributed by atoms with Gasteiger partial charge in [-0.3, -0.25) is 4.79 Å². The van der Waals surface area contributed by atoms with Crippen molar-refractivity contribution in [3.05, 3.63) is 53.6 Å². The summed E-state index contributed by atoms with van der Waals surface area (Å²) in [6, 6.07) is 13.2. The van der Waals surface area contributed by atoms with E-state index >= 15 is 0 Å². The second-order valence-electron chi connectivity index (χ2n) is 7.99. The fraction of sp³-hybridized carbons (Fsp3) is 0.292. The molecule has 2 heterocycles. The van der Waals surface area contributed by atoms with Crippen LogP contribution in [-0.2, 0) is 6.54 Å². The van der Waals surface area contributed by atoms with Crippen molar-refractivity contribution in [2.45, 2.75) is 27.3 Å². The predicted molar refractivity (Wildman–Crippen MR) is 122 cm³/mol. The normalized spacial score (nSPS) is 11.3. The van der Waals surface area contributed by atoms with Gasteiger partial charge in [0.1, 0.15) is 11.5 Å². The molecule has 160 valence electrons. The zero-order valence-corrected chi connectivity index (χ0v) is 18.4. The fourth-order valence-electron chi connectivity index (χ4n) is 3.61. The van der Waals surface area contributed by atoms with Crippen LogP contribution in [0.5, 0.6) is 11.5 Å². The number of aryl methyl sites for hydroxylation is 1. The number of para-hydroxylation sites is 1. The molecule has 1 N–H and O–H groups in total. The third-order valence-corrected chi connectivity index (χ3v) is 5.13. The molecule has 0 saturated heterocycles. The third-order valence-electron chi connectivity index (χ3n) is 5.13. The molecule has 0 saturated carbocycles. The number of pyridine rings is 1. The first-order chi connectivity index (χ1) is 14.9. The molecule has 0 aliphatic rings. The summed E-state index contributed by atoms with van der Waals surface area (Å²) >= 11 is 0. The number of methoxy groups -OCH3 is 2. The SMILES string of the molecule is COc1cc(OC)cc(C(=O)Nc2nn(CC(C)C)c3nc4c(C)cccc4cc23)c1. The van der Waals surface area contributed by atoms with Crippen molar-refractivity contribution in [1.82, 2.24) is 14.8 Å². The number of anilines is 1. The van der Waals surface area contributed by atoms with Crippen LogP contribution < -0.4 is 14.8 Å². The molecule has 0 radical (unpaired) electrons. The van der Waals surface area contributed by atoms with E-state index in [1.165, 1.54) is 0 Å². The first-order valence-corrected chi connectivity index (χ1v) is 10.2. The Bertz CT molecular complexity index is 1250. The van der Waals surface area contributed by atoms with Crippen LogP contribution in [0.4, 0.5) is 5.82 Å². The molecule has 7 heteroatoms. The van der Waals surface area contributed by atoms with Crippen molar-refractivity contribution in [3.8, 4) is 11.5 Å². The van der Waals surface area contributed by atoms with E-state index in [9.17, 15) is 4.79 Å². The Labute approximate surface area is 181 Å². The topological polar surface area (TPSA) is 78.3 Å². The zero-order chi connectivity index (χ0) is 22.1. The summed E-state index contributed by atoms with van der Waals surface area (Å²) in [7, 11) is 3.10. The van der Waals surface area contributed by atoms with Crippen LogP contribution in [-0.4, -0.2) is 34.9 Å². The van der Waals surface area contributed by atoms with E-state index < -0.39 is 0 Å². The van der Waals surface area contributed by atoms with E-state index in [-0.39, 0.29) is 5.91 Å². The first-order valence-electron chi connectivity index (χ1n) is 10.2. The van der Waals surface area contributed by atoms with Crippen molar-refractivity contribution in [2.75, 3.05) is 19.5 Å². The second-order valence-corrected chi connectivity index (χ2v) is 7.99. The number of carbonyl (C=O) groups excluding carboxylic acids is 1. The number of fused-ring (bicyclic) bond motifs is 2. The lowest BCUT2D eigenvalue weighted by Gasteiger charge is -2.08. The van der Waals surface area contributed by atoms with E-state index in [2.05, 4.69) is 19.2 Å². The summed E-state index contributed by atoms with van der Waals surface area (Å²) in [5.41, 5.74) is 3.22. The van der Waals surface area contributed by atoms with Gasteiger partial charge in [0.15, 0.2) is 11.5 Å². The van der Waals surface area contributed by atoms with Crippen LogP contribution in [0.25, 0.3) is 21.9 Å². The summed E-state index contributed by atoms with van der Waals surface area (Å²) in [4.78, 5) is 17.9. The predicted octanol–water partition coefficient (Wildman–Crippen LogP) is 4.82. The quantitative estimate of drug-likeness (QED) is 0.486. The second kappa shape index (κ2) is 8.26. The Morgan fingerprint density at radius 3 is 2.45 bits per heavy atom. The van der Waals surface area contributed by atoms with Gasteiger partial charge in [0.2, 0.25) is 0 Å². The van der Waals surface area contributed by atoms with Gasteiger partial charge in [0, 0.05) is 23.6 Å². The number of amides is 1. The van der Waals surface area contributed by atoms with Gasteiger partial charge in [-0.25, -0.2) is 9.67 Å². The molecule has 2 aromatic heterocycles. The maximum atomic E-state index is 13.1. The monoisotopic (exact) mass is 418 g/mol. The Kier molecular flexibility index (Phi) is 5.50. The van der Waals surface area contributed by atoms with Crippen molar-refractivity contribution in [2.24, 2.45) is 5.92 Å². The maximum absolute atomic E-state index is 13.1. The van der Waals surface area contributed by atoms with Crippen molar-refractivity contribution in [3.63, 3.8) is 0 Å². The van der Waals surface area contributed by atoms with Crippen LogP contribution in [0.1, 0.15) is 29.8 Å². The largest absolute Gasteiger partial charge is 0.497 e. The number of nitrogens with one attached hydrogen (secondary N) is 1. The molecule has 4 aromatic rings. The lowest BCUT2D eigenvalue weighted by atomic mass is 10.1. The summed E-state index contributed by atoms with van der Waals surface area (Å²) in [6.07, 6.45) is 0. The highest BCUT2D eigenvalue weighted by Gasteiger charge is 2.18. The fourth-order valence-corrected chi connectivity index (χ4v) is 3.61. The number of hydrogen-bond acceptors (Lipinski definition) is 5. The minimum absolute atomic E-state index is 0.294. The van der Waals surface area contributed by atoms with Gasteiger partial charge < -0.3 is 14.8 Å². The molecule has 0 bridgehead atoms. The van der Waals surface area contributed by atoms with E-state index in [0.29, 0.717) is 35.3 Å². The number of rotatable bonds is 6. The van der Waals surface area contributed by atoms with Crippen molar-refractivity contribution >= 4 is 33.7 Å². The molecule has 0 fully saturated rings. The highest BCUT2D eigenvalue weighted by atomic mass is 16.5. The van der Waals surface area contributed by atoms with Gasteiger partial charge in [-0.15, -0.1) is 0 Å². The Morgan fingerprint density at radius 2 is 1.81 bits per heavy atom. The average Bonchev–Trinajstić information content (AvgIpc) is 3.07. The van der Waals surface area contributed by atoms with Crippen molar-refractivity contribution in [1.29, 1.82) is 0 Å². The highest BCUT2D eigenvalue weighted by Crippen LogP contribution is 2.29. The minimum Gasteiger partial charge on any atom is -0.497 e. The molecular weight excluding hydrogens is 392 g/mol. The van der Waals surface area contributed by atoms with Crippen LogP contribution in [0.2, 0.25) is 0 Å². The third kappa shape index (κ3) is 4.03. The maximum Gasteiger partial charge on any atom is 0.257 e. The van der Waals surface area contributed by atoms with Crippen molar-refractivity contribution < 1.29 is 14.3 Å². The molecular formula is C24H26N4O3. The van der Waals surface area contributed by atoms with Gasteiger partial charge in [0.25, 0.3) is 5.91 Å². The summed E-state index contributed by atoms with van der Waals surface area (Å²) < 4.78 is 12.4. The van der Waals surface area contributed by atoms with Crippen LogP contribution in [0.15, 0.2) is 42.5 Å². The Balaban J connectivity index is 1.81. The number of carbonyl (C=O) groups is 1. The van der Waals surface area contributed by atoms with E-state index in [4.69, 9.17) is 19.6 Å². The number of benzene rings is 2. The lowest BCUT2D eigenvalue weighted by molar-refractivity contribution is 0.102. The Hall–Kier alpha value is -3.61. The summed E-state index contributed by atoms with van der Waals surface area (Å²) in [5.74, 6) is 1.66. The molecule has 0 aliphatic heterocycles. The van der Waals surface area contributed by atoms with E-state index in [1.54, 1.807) is 32.4 Å². The Morgan fingerprint density at radius 1 is 1.10 bits per heavy atom. The number of ether oxygens (including phenoxy) is 2. The molecule has 0 atom stereocenters. The van der Waals surface area contributed by atoms with Crippen LogP contribution in [0, 0.1) is 12.8 Å². The van der Waals surface area contributed by atoms with Gasteiger partial charge in [-0.05, 0) is 36.6 Å². The highest BCUT2D eigenvalue weighted by molar-refractivity contribution is 6.09. The number of hydrogen-bond donors (Lipinski definition) is 1. The molecule has 0 spiro atoms. The van der Waals surface area contributed by atoms with Gasteiger partial charge in [-0.1, -0.05) is 32.0 Å². The lowest BCUT2D eigenvalue weighted by Crippen LogP contribution is -2.13. The average molecular weight is 418 g/mol. The molecule has 0 aliphatic carbocycles. The minimum atomic E-state index is -0.294. The summed E-state index contributed by atoms with van der Waals surface area (Å²) in [5, 5.41) is 9.46. The van der Waals surface area contributed by atoms with Gasteiger partial charge in [-0.2, -0.15) is 5.10 Å². The number of nitrogens with zero attached hydrogens (tertiary/aromatic N) is 3. The molecule has 2 aromatic carbocycles. The standard InChI is InChI=1S/C24H26N4O3/c1-14(2)13-28-23-20(11-16-8-6-7-15(3)21(16)25-23)22(27-28)26-24(29)17-9-18(30-4)12-19(10-17)31-5/h6-12,14H,13H2,1-5H3,(H,26,27,29). The molecule has 7 nitrogen and oxygen atoms in total. The van der Waals surface area contributed by atoms with Gasteiger partial charge in [0.05, 0.1) is 25.1 Å². The first kappa shape index (κ1) is 20.7. The molecule has 0 unspecified atom stereocenters. The smallest absolute Gasteiger partial charge is 0.257 e. The molecule has 31 heavy (non-hydrogen) atoms. The molecule has 1 amide bonds. The van der Waals surface area contributed by atoms with Gasteiger partial charge >= 0.3 is 0 Å². The molecule has 4 rings (SSSR count). The van der Waals surface area contributed by atoms with Crippen LogP contribution in [0.3, 0.4) is 0 Å². The van der Waals surface area contributed by atoms with E-state index in [0.717, 1.165) is 27.5 Å².